The molecule has 0 saturated carbocycles. The molecule has 25 heavy (non-hydrogen) atoms. The molecule has 0 aliphatic heterocycles. The third-order valence-corrected chi connectivity index (χ3v) is 4.35. The van der Waals surface area contributed by atoms with Gasteiger partial charge in [0.05, 0.1) is 6.26 Å². The highest BCUT2D eigenvalue weighted by molar-refractivity contribution is 5.53. The summed E-state index contributed by atoms with van der Waals surface area (Å²) < 4.78 is 7.15. The van der Waals surface area contributed by atoms with Gasteiger partial charge in [-0.25, -0.2) is 4.98 Å². The van der Waals surface area contributed by atoms with Gasteiger partial charge in [-0.3, -0.25) is 0 Å². The Kier molecular flexibility index (Phi) is 5.33. The van der Waals surface area contributed by atoms with Crippen LogP contribution < -0.4 is 5.32 Å². The fraction of sp³-hybridized carbons (Fsp3) is 0.500. The molecule has 0 aliphatic rings. The zero-order valence-corrected chi connectivity index (χ0v) is 15.4. The molecule has 0 amide bonds. The van der Waals surface area contributed by atoms with Gasteiger partial charge in [0.15, 0.2) is 5.76 Å². The Hall–Kier alpha value is -2.41. The number of nitrogens with zero attached hydrogens (tertiary/aromatic N) is 5. The SMILES string of the molecule is CCN(CC)CCC(C)Nc1cc(C)nc2nc(-c3ccco3)nn12. The molecule has 0 fully saturated rings. The van der Waals surface area contributed by atoms with Crippen LogP contribution in [-0.2, 0) is 0 Å². The number of nitrogens with one attached hydrogen (secondary N) is 1. The van der Waals surface area contributed by atoms with Crippen LogP contribution in [0.15, 0.2) is 28.9 Å². The van der Waals surface area contributed by atoms with Crippen LogP contribution >= 0.6 is 0 Å². The van der Waals surface area contributed by atoms with E-state index in [1.165, 1.54) is 0 Å². The number of aromatic nitrogens is 4. The van der Waals surface area contributed by atoms with E-state index in [2.05, 4.69) is 46.1 Å². The van der Waals surface area contributed by atoms with Gasteiger partial charge >= 0.3 is 0 Å². The van der Waals surface area contributed by atoms with Crippen molar-refractivity contribution in [2.75, 3.05) is 25.0 Å². The van der Waals surface area contributed by atoms with Crippen molar-refractivity contribution in [3.05, 3.63) is 30.2 Å². The van der Waals surface area contributed by atoms with E-state index in [4.69, 9.17) is 4.42 Å². The summed E-state index contributed by atoms with van der Waals surface area (Å²) in [6.45, 7) is 11.8. The minimum absolute atomic E-state index is 0.321. The maximum atomic E-state index is 5.40. The zero-order chi connectivity index (χ0) is 17.8. The summed E-state index contributed by atoms with van der Waals surface area (Å²) in [6.07, 6.45) is 2.68. The maximum absolute atomic E-state index is 5.40. The predicted molar refractivity (Wildman–Crippen MR) is 98.7 cm³/mol. The first-order valence-corrected chi connectivity index (χ1v) is 8.87. The first-order valence-electron chi connectivity index (χ1n) is 8.87. The summed E-state index contributed by atoms with van der Waals surface area (Å²) in [6, 6.07) is 6.00. The van der Waals surface area contributed by atoms with Gasteiger partial charge in [0.1, 0.15) is 5.82 Å². The lowest BCUT2D eigenvalue weighted by Crippen LogP contribution is -2.29. The van der Waals surface area contributed by atoms with Gasteiger partial charge in [0.25, 0.3) is 5.78 Å². The molecule has 7 nitrogen and oxygen atoms in total. The summed E-state index contributed by atoms with van der Waals surface area (Å²) in [7, 11) is 0. The van der Waals surface area contributed by atoms with Crippen LogP contribution in [0.5, 0.6) is 0 Å². The maximum Gasteiger partial charge on any atom is 0.254 e. The second kappa shape index (κ2) is 7.65. The van der Waals surface area contributed by atoms with Crippen LogP contribution in [-0.4, -0.2) is 50.2 Å². The molecule has 3 aromatic heterocycles. The second-order valence-corrected chi connectivity index (χ2v) is 6.27. The number of hydrogen-bond donors (Lipinski definition) is 1. The third kappa shape index (κ3) is 3.99. The molecule has 1 N–H and O–H groups in total. The van der Waals surface area contributed by atoms with Crippen molar-refractivity contribution in [1.29, 1.82) is 0 Å². The average Bonchev–Trinajstić information content (AvgIpc) is 3.24. The van der Waals surface area contributed by atoms with Crippen LogP contribution in [0.4, 0.5) is 5.82 Å². The molecular formula is C18H26N6O. The second-order valence-electron chi connectivity index (χ2n) is 6.27. The molecule has 0 aromatic carbocycles. The van der Waals surface area contributed by atoms with E-state index in [1.54, 1.807) is 10.8 Å². The Bertz CT molecular complexity index is 806. The molecule has 3 rings (SSSR count). The van der Waals surface area contributed by atoms with Crippen LogP contribution in [0.25, 0.3) is 17.4 Å². The van der Waals surface area contributed by atoms with E-state index in [0.717, 1.165) is 37.6 Å². The first kappa shape index (κ1) is 17.4. The van der Waals surface area contributed by atoms with Gasteiger partial charge in [-0.1, -0.05) is 13.8 Å². The molecule has 7 heteroatoms. The third-order valence-electron chi connectivity index (χ3n) is 4.35. The summed E-state index contributed by atoms with van der Waals surface area (Å²) >= 11 is 0. The Morgan fingerprint density at radius 3 is 2.76 bits per heavy atom. The van der Waals surface area contributed by atoms with Crippen molar-refractivity contribution in [3.8, 4) is 11.6 Å². The number of rotatable bonds is 8. The molecule has 1 unspecified atom stereocenters. The van der Waals surface area contributed by atoms with Crippen molar-refractivity contribution < 1.29 is 4.42 Å². The smallest absolute Gasteiger partial charge is 0.254 e. The summed E-state index contributed by atoms with van der Waals surface area (Å²) in [4.78, 5) is 11.4. The largest absolute Gasteiger partial charge is 0.461 e. The van der Waals surface area contributed by atoms with Gasteiger partial charge in [-0.2, -0.15) is 9.50 Å². The highest BCUT2D eigenvalue weighted by Gasteiger charge is 2.14. The van der Waals surface area contributed by atoms with Crippen molar-refractivity contribution in [1.82, 2.24) is 24.5 Å². The van der Waals surface area contributed by atoms with E-state index >= 15 is 0 Å². The minimum atomic E-state index is 0.321. The van der Waals surface area contributed by atoms with Crippen molar-refractivity contribution in [3.63, 3.8) is 0 Å². The predicted octanol–water partition coefficient (Wildman–Crippen LogP) is 3.23. The van der Waals surface area contributed by atoms with E-state index in [9.17, 15) is 0 Å². The number of hydrogen-bond acceptors (Lipinski definition) is 6. The molecule has 0 bridgehead atoms. The molecule has 0 spiro atoms. The van der Waals surface area contributed by atoms with Crippen LogP contribution in [0.2, 0.25) is 0 Å². The monoisotopic (exact) mass is 342 g/mol. The normalized spacial score (nSPS) is 12.8. The highest BCUT2D eigenvalue weighted by Crippen LogP contribution is 2.19. The van der Waals surface area contributed by atoms with E-state index < -0.39 is 0 Å². The van der Waals surface area contributed by atoms with E-state index in [0.29, 0.717) is 23.4 Å². The molecule has 0 aliphatic carbocycles. The number of aryl methyl sites for hydroxylation is 1. The lowest BCUT2D eigenvalue weighted by Gasteiger charge is -2.22. The van der Waals surface area contributed by atoms with Gasteiger partial charge in [0.2, 0.25) is 5.82 Å². The fourth-order valence-corrected chi connectivity index (χ4v) is 2.84. The standard InChI is InChI=1S/C18H26N6O/c1-5-23(6-2)10-9-13(3)19-16-12-14(4)20-18-21-17(22-24(16)18)15-8-7-11-25-15/h7-8,11-13,19H,5-6,9-10H2,1-4H3. The lowest BCUT2D eigenvalue weighted by molar-refractivity contribution is 0.295. The van der Waals surface area contributed by atoms with Crippen LogP contribution in [0.1, 0.15) is 32.9 Å². The van der Waals surface area contributed by atoms with Gasteiger partial charge in [-0.05, 0) is 45.5 Å². The number of furan rings is 1. The Morgan fingerprint density at radius 2 is 2.08 bits per heavy atom. The van der Waals surface area contributed by atoms with Crippen molar-refractivity contribution in [2.45, 2.75) is 40.2 Å². The number of anilines is 1. The summed E-state index contributed by atoms with van der Waals surface area (Å²) in [5.74, 6) is 2.66. The Balaban J connectivity index is 1.80. The summed E-state index contributed by atoms with van der Waals surface area (Å²) in [5, 5.41) is 8.10. The summed E-state index contributed by atoms with van der Waals surface area (Å²) in [5.41, 5.74) is 0.907. The molecule has 0 saturated heterocycles. The quantitative estimate of drug-likeness (QED) is 0.678. The lowest BCUT2D eigenvalue weighted by atomic mass is 10.2. The fourth-order valence-electron chi connectivity index (χ4n) is 2.84. The average molecular weight is 342 g/mol. The zero-order valence-electron chi connectivity index (χ0n) is 15.4. The topological polar surface area (TPSA) is 71.5 Å². The Morgan fingerprint density at radius 1 is 1.28 bits per heavy atom. The molecule has 3 heterocycles. The van der Waals surface area contributed by atoms with Gasteiger partial charge in [-0.15, -0.1) is 5.10 Å². The minimum Gasteiger partial charge on any atom is -0.461 e. The van der Waals surface area contributed by atoms with Gasteiger partial charge in [0, 0.05) is 24.3 Å². The molecule has 3 aromatic rings. The molecule has 1 atom stereocenters. The first-order chi connectivity index (χ1) is 12.1. The molecular weight excluding hydrogens is 316 g/mol. The number of fused-ring (bicyclic) bond motifs is 1. The molecule has 0 radical (unpaired) electrons. The van der Waals surface area contributed by atoms with E-state index in [1.807, 2.05) is 25.1 Å². The Labute approximate surface area is 148 Å². The van der Waals surface area contributed by atoms with Crippen LogP contribution in [0.3, 0.4) is 0 Å². The van der Waals surface area contributed by atoms with E-state index in [-0.39, 0.29) is 0 Å². The van der Waals surface area contributed by atoms with Crippen molar-refractivity contribution in [2.24, 2.45) is 0 Å². The molecule has 134 valence electrons. The van der Waals surface area contributed by atoms with Gasteiger partial charge < -0.3 is 14.6 Å². The highest BCUT2D eigenvalue weighted by atomic mass is 16.3. The van der Waals surface area contributed by atoms with Crippen molar-refractivity contribution >= 4 is 11.6 Å². The van der Waals surface area contributed by atoms with Crippen LogP contribution in [0, 0.1) is 6.92 Å².